The predicted molar refractivity (Wildman–Crippen MR) is 54.3 cm³/mol. The van der Waals surface area contributed by atoms with E-state index >= 15 is 0 Å². The van der Waals surface area contributed by atoms with Crippen molar-refractivity contribution in [3.63, 3.8) is 0 Å². The molecule has 0 spiro atoms. The molecule has 0 aromatic rings. The van der Waals surface area contributed by atoms with Gasteiger partial charge in [-0.1, -0.05) is 0 Å². The van der Waals surface area contributed by atoms with Gasteiger partial charge in [0.2, 0.25) is 0 Å². The Kier molecular flexibility index (Phi) is 3.25. The standard InChI is InChI=1S/C8H13NO2S2/c1-12-4-2-8(6-9)3-5-13(10,11)7-8/h2-5,7H2,1H3. The molecule has 0 aromatic heterocycles. The molecule has 74 valence electrons. The van der Waals surface area contributed by atoms with Gasteiger partial charge in [0.05, 0.1) is 23.0 Å². The molecule has 0 bridgehead atoms. The van der Waals surface area contributed by atoms with Crippen molar-refractivity contribution in [3.8, 4) is 6.07 Å². The predicted octanol–water partition coefficient (Wildman–Crippen LogP) is 1.07. The molecule has 0 aromatic carbocycles. The summed E-state index contributed by atoms with van der Waals surface area (Å²) in [5.74, 6) is 1.12. The van der Waals surface area contributed by atoms with Crippen LogP contribution < -0.4 is 0 Å². The first-order valence-corrected chi connectivity index (χ1v) is 7.36. The summed E-state index contributed by atoms with van der Waals surface area (Å²) in [5, 5.41) is 8.95. The highest BCUT2D eigenvalue weighted by atomic mass is 32.2. The molecule has 0 amide bonds. The van der Waals surface area contributed by atoms with Crippen molar-refractivity contribution in [2.24, 2.45) is 5.41 Å². The highest BCUT2D eigenvalue weighted by Gasteiger charge is 2.41. The Labute approximate surface area is 83.4 Å². The summed E-state index contributed by atoms with van der Waals surface area (Å²) in [6.07, 6.45) is 3.19. The zero-order valence-electron chi connectivity index (χ0n) is 7.62. The summed E-state index contributed by atoms with van der Waals surface area (Å²) in [5.41, 5.74) is -0.582. The fraction of sp³-hybridized carbons (Fsp3) is 0.875. The van der Waals surface area contributed by atoms with Gasteiger partial charge in [0.15, 0.2) is 9.84 Å². The van der Waals surface area contributed by atoms with E-state index in [0.717, 1.165) is 5.75 Å². The van der Waals surface area contributed by atoms with E-state index in [2.05, 4.69) is 6.07 Å². The third-order valence-electron chi connectivity index (χ3n) is 2.41. The monoisotopic (exact) mass is 219 g/mol. The van der Waals surface area contributed by atoms with Gasteiger partial charge >= 0.3 is 0 Å². The zero-order chi connectivity index (χ0) is 9.95. The Bertz CT molecular complexity index is 318. The second-order valence-electron chi connectivity index (χ2n) is 3.48. The maximum atomic E-state index is 11.2. The smallest absolute Gasteiger partial charge is 0.151 e. The Morgan fingerprint density at radius 2 is 2.31 bits per heavy atom. The molecule has 1 rings (SSSR count). The lowest BCUT2D eigenvalue weighted by Gasteiger charge is -2.16. The normalized spacial score (nSPS) is 31.4. The molecular formula is C8H13NO2S2. The summed E-state index contributed by atoms with van der Waals surface area (Å²) < 4.78 is 22.4. The number of rotatable bonds is 3. The van der Waals surface area contributed by atoms with Crippen LogP contribution in [0.15, 0.2) is 0 Å². The van der Waals surface area contributed by atoms with Gasteiger partial charge in [0, 0.05) is 0 Å². The topological polar surface area (TPSA) is 57.9 Å². The summed E-state index contributed by atoms with van der Waals surface area (Å²) in [4.78, 5) is 0. The lowest BCUT2D eigenvalue weighted by atomic mass is 9.87. The van der Waals surface area contributed by atoms with Crippen molar-refractivity contribution >= 4 is 21.6 Å². The van der Waals surface area contributed by atoms with Gasteiger partial charge in [-0.15, -0.1) is 0 Å². The van der Waals surface area contributed by atoms with Crippen molar-refractivity contribution < 1.29 is 8.42 Å². The summed E-state index contributed by atoms with van der Waals surface area (Å²) in [6, 6.07) is 2.18. The van der Waals surface area contributed by atoms with Crippen LogP contribution in [0.25, 0.3) is 0 Å². The fourth-order valence-corrected chi connectivity index (χ4v) is 4.19. The van der Waals surface area contributed by atoms with E-state index in [4.69, 9.17) is 5.26 Å². The summed E-state index contributed by atoms with van der Waals surface area (Å²) in [6.45, 7) is 0. The molecule has 0 N–H and O–H groups in total. The highest BCUT2D eigenvalue weighted by molar-refractivity contribution is 7.98. The Balaban J connectivity index is 2.70. The van der Waals surface area contributed by atoms with Gasteiger partial charge in [-0.3, -0.25) is 0 Å². The van der Waals surface area contributed by atoms with Gasteiger partial charge < -0.3 is 0 Å². The van der Waals surface area contributed by atoms with Crippen LogP contribution in [0.5, 0.6) is 0 Å². The van der Waals surface area contributed by atoms with E-state index in [-0.39, 0.29) is 11.5 Å². The molecule has 0 radical (unpaired) electrons. The molecular weight excluding hydrogens is 206 g/mol. The third-order valence-corrected chi connectivity index (χ3v) is 4.84. The first-order chi connectivity index (χ1) is 6.04. The molecule has 1 heterocycles. The van der Waals surface area contributed by atoms with Crippen LogP contribution in [-0.4, -0.2) is 31.9 Å². The second kappa shape index (κ2) is 3.89. The average molecular weight is 219 g/mol. The van der Waals surface area contributed by atoms with Gasteiger partial charge in [0.25, 0.3) is 0 Å². The molecule has 0 saturated carbocycles. The number of hydrogen-bond donors (Lipinski definition) is 0. The molecule has 1 unspecified atom stereocenters. The zero-order valence-corrected chi connectivity index (χ0v) is 9.25. The van der Waals surface area contributed by atoms with Crippen LogP contribution in [0.4, 0.5) is 0 Å². The Morgan fingerprint density at radius 3 is 2.69 bits per heavy atom. The molecule has 13 heavy (non-hydrogen) atoms. The SMILES string of the molecule is CSCCC1(C#N)CCS(=O)(=O)C1. The molecule has 1 aliphatic heterocycles. The Morgan fingerprint density at radius 1 is 1.62 bits per heavy atom. The lowest BCUT2D eigenvalue weighted by molar-refractivity contribution is 0.441. The van der Waals surface area contributed by atoms with Crippen molar-refractivity contribution in [2.45, 2.75) is 12.8 Å². The first-order valence-electron chi connectivity index (χ1n) is 4.14. The number of thioether (sulfide) groups is 1. The van der Waals surface area contributed by atoms with Crippen molar-refractivity contribution in [3.05, 3.63) is 0 Å². The first kappa shape index (κ1) is 10.9. The number of nitriles is 1. The lowest BCUT2D eigenvalue weighted by Crippen LogP contribution is -2.20. The minimum atomic E-state index is -2.93. The molecule has 3 nitrogen and oxygen atoms in total. The van der Waals surface area contributed by atoms with E-state index in [9.17, 15) is 8.42 Å². The summed E-state index contributed by atoms with van der Waals surface area (Å²) >= 11 is 1.66. The molecule has 1 fully saturated rings. The number of hydrogen-bond acceptors (Lipinski definition) is 4. The van der Waals surface area contributed by atoms with Crippen LogP contribution in [0.3, 0.4) is 0 Å². The Hall–Kier alpha value is -0.210. The highest BCUT2D eigenvalue weighted by Crippen LogP contribution is 2.35. The van der Waals surface area contributed by atoms with Crippen LogP contribution in [0, 0.1) is 16.7 Å². The summed E-state index contributed by atoms with van der Waals surface area (Å²) in [7, 11) is -2.93. The molecule has 1 saturated heterocycles. The second-order valence-corrected chi connectivity index (χ2v) is 6.65. The van der Waals surface area contributed by atoms with E-state index < -0.39 is 15.3 Å². The minimum absolute atomic E-state index is 0.0665. The molecule has 1 atom stereocenters. The van der Waals surface area contributed by atoms with Crippen LogP contribution in [0.2, 0.25) is 0 Å². The fourth-order valence-electron chi connectivity index (χ4n) is 1.55. The van der Waals surface area contributed by atoms with Crippen LogP contribution in [0.1, 0.15) is 12.8 Å². The van der Waals surface area contributed by atoms with Gasteiger partial charge in [-0.05, 0) is 24.9 Å². The average Bonchev–Trinajstić information content (AvgIpc) is 2.40. The van der Waals surface area contributed by atoms with E-state index in [1.54, 1.807) is 11.8 Å². The van der Waals surface area contributed by atoms with Crippen molar-refractivity contribution in [1.82, 2.24) is 0 Å². The number of sulfone groups is 1. The van der Waals surface area contributed by atoms with Crippen molar-refractivity contribution in [1.29, 1.82) is 5.26 Å². The maximum Gasteiger partial charge on any atom is 0.151 e. The largest absolute Gasteiger partial charge is 0.229 e. The maximum absolute atomic E-state index is 11.2. The van der Waals surface area contributed by atoms with Gasteiger partial charge in [-0.25, -0.2) is 8.42 Å². The van der Waals surface area contributed by atoms with Crippen LogP contribution >= 0.6 is 11.8 Å². The van der Waals surface area contributed by atoms with Crippen molar-refractivity contribution in [2.75, 3.05) is 23.5 Å². The van der Waals surface area contributed by atoms with Gasteiger partial charge in [0.1, 0.15) is 0 Å². The molecule has 0 aliphatic carbocycles. The van der Waals surface area contributed by atoms with Gasteiger partial charge in [-0.2, -0.15) is 17.0 Å². The minimum Gasteiger partial charge on any atom is -0.229 e. The van der Waals surface area contributed by atoms with Crippen LogP contribution in [-0.2, 0) is 9.84 Å². The quantitative estimate of drug-likeness (QED) is 0.712. The molecule has 1 aliphatic rings. The van der Waals surface area contributed by atoms with E-state index in [1.165, 1.54) is 0 Å². The third kappa shape index (κ3) is 2.61. The molecule has 5 heteroatoms. The van der Waals surface area contributed by atoms with E-state index in [1.807, 2.05) is 6.26 Å². The number of nitrogens with zero attached hydrogens (tertiary/aromatic N) is 1. The van der Waals surface area contributed by atoms with E-state index in [0.29, 0.717) is 12.8 Å².